The molecule has 0 fully saturated rings. The van der Waals surface area contributed by atoms with Crippen LogP contribution in [0.1, 0.15) is 25.0 Å². The molecule has 0 saturated carbocycles. The van der Waals surface area contributed by atoms with Crippen molar-refractivity contribution in [2.75, 3.05) is 0 Å². The molecule has 1 aromatic carbocycles. The quantitative estimate of drug-likeness (QED) is 0.879. The number of nitrogens with two attached hydrogens (primary N) is 1. The first-order valence-corrected chi connectivity index (χ1v) is 6.16. The van der Waals surface area contributed by atoms with E-state index in [0.717, 1.165) is 17.7 Å². The van der Waals surface area contributed by atoms with E-state index in [1.54, 1.807) is 4.68 Å². The lowest BCUT2D eigenvalue weighted by molar-refractivity contribution is 0.171. The third-order valence-corrected chi connectivity index (χ3v) is 2.92. The van der Waals surface area contributed by atoms with E-state index in [1.165, 1.54) is 0 Å². The Hall–Kier alpha value is -1.81. The van der Waals surface area contributed by atoms with Crippen LogP contribution in [0, 0.1) is 0 Å². The number of nitrogens with zero attached hydrogens (tertiary/aromatic N) is 2. The summed E-state index contributed by atoms with van der Waals surface area (Å²) in [6.07, 6.45) is 4.45. The minimum Gasteiger partial charge on any atom is -0.484 e. The Labute approximate surface area is 107 Å². The van der Waals surface area contributed by atoms with Gasteiger partial charge in [-0.25, -0.2) is 0 Å². The summed E-state index contributed by atoms with van der Waals surface area (Å²) < 4.78 is 7.75. The third kappa shape index (κ3) is 2.90. The number of hydrogen-bond donors (Lipinski definition) is 1. The molecular formula is C14H19N3O. The molecule has 0 aliphatic heterocycles. The van der Waals surface area contributed by atoms with Crippen molar-refractivity contribution in [3.63, 3.8) is 0 Å². The van der Waals surface area contributed by atoms with Gasteiger partial charge in [-0.1, -0.05) is 25.1 Å². The van der Waals surface area contributed by atoms with Gasteiger partial charge in [0.2, 0.25) is 0 Å². The molecule has 0 saturated heterocycles. The van der Waals surface area contributed by atoms with Gasteiger partial charge in [0.15, 0.2) is 0 Å². The van der Waals surface area contributed by atoms with Gasteiger partial charge < -0.3 is 10.5 Å². The molecule has 4 heteroatoms. The van der Waals surface area contributed by atoms with Crippen molar-refractivity contribution in [2.45, 2.75) is 25.5 Å². The van der Waals surface area contributed by atoms with Crippen LogP contribution in [0.3, 0.4) is 0 Å². The fourth-order valence-corrected chi connectivity index (χ4v) is 1.85. The maximum atomic E-state index is 6.14. The molecule has 0 bridgehead atoms. The smallest absolute Gasteiger partial charge is 0.142 e. The van der Waals surface area contributed by atoms with E-state index in [2.05, 4.69) is 12.0 Å². The number of aromatic nitrogens is 2. The van der Waals surface area contributed by atoms with Crippen LogP contribution in [0.25, 0.3) is 0 Å². The van der Waals surface area contributed by atoms with Gasteiger partial charge >= 0.3 is 0 Å². The largest absolute Gasteiger partial charge is 0.484 e. The topological polar surface area (TPSA) is 53.1 Å². The highest BCUT2D eigenvalue weighted by molar-refractivity contribution is 5.23. The molecule has 18 heavy (non-hydrogen) atoms. The zero-order valence-corrected chi connectivity index (χ0v) is 10.8. The van der Waals surface area contributed by atoms with Crippen LogP contribution in [0.2, 0.25) is 0 Å². The van der Waals surface area contributed by atoms with E-state index in [-0.39, 0.29) is 12.1 Å². The Balaban J connectivity index is 2.21. The van der Waals surface area contributed by atoms with E-state index < -0.39 is 0 Å². The van der Waals surface area contributed by atoms with Crippen LogP contribution in [0.5, 0.6) is 5.75 Å². The molecule has 1 aromatic heterocycles. The Bertz CT molecular complexity index is 481. The first-order valence-electron chi connectivity index (χ1n) is 6.16. The molecule has 96 valence electrons. The van der Waals surface area contributed by atoms with Gasteiger partial charge in [-0.05, 0) is 18.6 Å². The van der Waals surface area contributed by atoms with E-state index in [1.807, 2.05) is 49.8 Å². The van der Waals surface area contributed by atoms with Crippen LogP contribution in [-0.2, 0) is 7.05 Å². The Kier molecular flexibility index (Phi) is 3.99. The molecule has 0 amide bonds. The second kappa shape index (κ2) is 5.69. The zero-order valence-electron chi connectivity index (χ0n) is 10.8. The molecular weight excluding hydrogens is 226 g/mol. The molecule has 2 unspecified atom stereocenters. The lowest BCUT2D eigenvalue weighted by Crippen LogP contribution is -2.31. The second-order valence-corrected chi connectivity index (χ2v) is 4.37. The fraction of sp³-hybridized carbons (Fsp3) is 0.357. The van der Waals surface area contributed by atoms with E-state index in [9.17, 15) is 0 Å². The molecule has 1 heterocycles. The van der Waals surface area contributed by atoms with Crippen molar-refractivity contribution in [3.05, 3.63) is 48.3 Å². The van der Waals surface area contributed by atoms with E-state index in [4.69, 9.17) is 10.5 Å². The van der Waals surface area contributed by atoms with Gasteiger partial charge in [-0.3, -0.25) is 4.68 Å². The van der Waals surface area contributed by atoms with Crippen LogP contribution in [-0.4, -0.2) is 15.8 Å². The maximum absolute atomic E-state index is 6.14. The van der Waals surface area contributed by atoms with Crippen LogP contribution < -0.4 is 10.5 Å². The van der Waals surface area contributed by atoms with Crippen LogP contribution in [0.15, 0.2) is 42.7 Å². The highest BCUT2D eigenvalue weighted by atomic mass is 16.5. The molecule has 0 spiro atoms. The second-order valence-electron chi connectivity index (χ2n) is 4.37. The number of ether oxygens (including phenoxy) is 1. The molecule has 2 aromatic rings. The van der Waals surface area contributed by atoms with Crippen molar-refractivity contribution in [2.24, 2.45) is 12.8 Å². The SMILES string of the molecule is CCC(N)C(Oc1ccccc1)c1cnn(C)c1. The summed E-state index contributed by atoms with van der Waals surface area (Å²) in [7, 11) is 1.89. The van der Waals surface area contributed by atoms with Crippen molar-refractivity contribution in [1.82, 2.24) is 9.78 Å². The monoisotopic (exact) mass is 245 g/mol. The van der Waals surface area contributed by atoms with E-state index >= 15 is 0 Å². The van der Waals surface area contributed by atoms with Gasteiger partial charge in [0, 0.05) is 24.8 Å². The molecule has 2 rings (SSSR count). The van der Waals surface area contributed by atoms with Crippen molar-refractivity contribution in [3.8, 4) is 5.75 Å². The fourth-order valence-electron chi connectivity index (χ4n) is 1.85. The maximum Gasteiger partial charge on any atom is 0.142 e. The van der Waals surface area contributed by atoms with Crippen molar-refractivity contribution >= 4 is 0 Å². The van der Waals surface area contributed by atoms with Gasteiger partial charge in [0.25, 0.3) is 0 Å². The normalized spacial score (nSPS) is 14.2. The minimum atomic E-state index is -0.161. The highest BCUT2D eigenvalue weighted by Crippen LogP contribution is 2.24. The zero-order chi connectivity index (χ0) is 13.0. The average molecular weight is 245 g/mol. The molecule has 2 atom stereocenters. The Morgan fingerprint density at radius 2 is 2.06 bits per heavy atom. The molecule has 0 aliphatic rings. The first-order chi connectivity index (χ1) is 8.70. The predicted octanol–water partition coefficient (Wildman–Crippen LogP) is 2.28. The minimum absolute atomic E-state index is 0.0468. The van der Waals surface area contributed by atoms with Gasteiger partial charge in [0.1, 0.15) is 11.9 Å². The lowest BCUT2D eigenvalue weighted by Gasteiger charge is -2.23. The summed E-state index contributed by atoms with van der Waals surface area (Å²) >= 11 is 0. The summed E-state index contributed by atoms with van der Waals surface area (Å²) in [5.41, 5.74) is 7.15. The number of rotatable bonds is 5. The lowest BCUT2D eigenvalue weighted by atomic mass is 10.0. The summed E-state index contributed by atoms with van der Waals surface area (Å²) in [4.78, 5) is 0. The Morgan fingerprint density at radius 1 is 1.33 bits per heavy atom. The number of hydrogen-bond acceptors (Lipinski definition) is 3. The number of benzene rings is 1. The van der Waals surface area contributed by atoms with Crippen LogP contribution in [0.4, 0.5) is 0 Å². The molecule has 2 N–H and O–H groups in total. The number of para-hydroxylation sites is 1. The summed E-state index contributed by atoms with van der Waals surface area (Å²) in [5, 5.41) is 4.18. The van der Waals surface area contributed by atoms with Crippen molar-refractivity contribution in [1.29, 1.82) is 0 Å². The highest BCUT2D eigenvalue weighted by Gasteiger charge is 2.21. The first kappa shape index (κ1) is 12.6. The van der Waals surface area contributed by atoms with Crippen molar-refractivity contribution < 1.29 is 4.74 Å². The summed E-state index contributed by atoms with van der Waals surface area (Å²) in [6.45, 7) is 2.06. The van der Waals surface area contributed by atoms with Gasteiger partial charge in [0.05, 0.1) is 6.20 Å². The van der Waals surface area contributed by atoms with Crippen LogP contribution >= 0.6 is 0 Å². The predicted molar refractivity (Wildman–Crippen MR) is 71.3 cm³/mol. The summed E-state index contributed by atoms with van der Waals surface area (Å²) in [5.74, 6) is 0.829. The molecule has 4 nitrogen and oxygen atoms in total. The average Bonchev–Trinajstić information content (AvgIpc) is 2.83. The van der Waals surface area contributed by atoms with Gasteiger partial charge in [-0.2, -0.15) is 5.10 Å². The number of aryl methyl sites for hydroxylation is 1. The third-order valence-electron chi connectivity index (χ3n) is 2.92. The summed E-state index contributed by atoms with van der Waals surface area (Å²) in [6, 6.07) is 9.69. The van der Waals surface area contributed by atoms with E-state index in [0.29, 0.717) is 0 Å². The molecule has 0 aliphatic carbocycles. The Morgan fingerprint density at radius 3 is 2.61 bits per heavy atom. The molecule has 0 radical (unpaired) electrons. The van der Waals surface area contributed by atoms with Gasteiger partial charge in [-0.15, -0.1) is 0 Å². The standard InChI is InChI=1S/C14H19N3O/c1-3-13(15)14(11-9-16-17(2)10-11)18-12-7-5-4-6-8-12/h4-10,13-14H,3,15H2,1-2H3.